The summed E-state index contributed by atoms with van der Waals surface area (Å²) >= 11 is 0. The highest BCUT2D eigenvalue weighted by Crippen LogP contribution is 2.22. The molecule has 0 saturated heterocycles. The molecule has 0 saturated carbocycles. The van der Waals surface area contributed by atoms with Gasteiger partial charge in [-0.3, -0.25) is 4.98 Å². The van der Waals surface area contributed by atoms with Crippen molar-refractivity contribution in [3.8, 4) is 0 Å². The number of nitrogens with one attached hydrogen (secondary N) is 2. The minimum Gasteiger partial charge on any atom is -0.388 e. The molecule has 1 atom stereocenters. The van der Waals surface area contributed by atoms with Crippen molar-refractivity contribution in [2.45, 2.75) is 73.6 Å². The van der Waals surface area contributed by atoms with Gasteiger partial charge in [-0.1, -0.05) is 40.7 Å². The van der Waals surface area contributed by atoms with E-state index < -0.39 is 5.60 Å². The van der Waals surface area contributed by atoms with Crippen molar-refractivity contribution in [2.75, 3.05) is 17.2 Å². The molecule has 3 rings (SSSR count). The van der Waals surface area contributed by atoms with Gasteiger partial charge in [-0.2, -0.15) is 9.97 Å². The fraction of sp³-hybridized carbons (Fsp3) is 0.545. The van der Waals surface area contributed by atoms with Gasteiger partial charge in [-0.25, -0.2) is 4.98 Å². The van der Waals surface area contributed by atoms with Crippen LogP contribution in [0.25, 0.3) is 11.2 Å². The molecule has 0 bridgehead atoms. The van der Waals surface area contributed by atoms with Crippen LogP contribution in [0.3, 0.4) is 0 Å². The minimum atomic E-state index is -0.813. The van der Waals surface area contributed by atoms with Gasteiger partial charge in [-0.05, 0) is 31.9 Å². The molecule has 3 N–H and O–H groups in total. The fourth-order valence-electron chi connectivity index (χ4n) is 2.46. The van der Waals surface area contributed by atoms with E-state index in [0.717, 1.165) is 23.3 Å². The number of pyridine rings is 1. The van der Waals surface area contributed by atoms with Crippen molar-refractivity contribution in [2.24, 2.45) is 0 Å². The molecule has 1 unspecified atom stereocenters. The average Bonchev–Trinajstić information content (AvgIpc) is 3.23. The van der Waals surface area contributed by atoms with Crippen molar-refractivity contribution in [1.29, 1.82) is 0 Å². The summed E-state index contributed by atoms with van der Waals surface area (Å²) in [4.78, 5) is 17.7. The molecule has 0 aliphatic heterocycles. The Bertz CT molecular complexity index is 863. The SMILES string of the molecule is CC.CC.CCn1cnc2c(NCc3cccnc3)nc(NCC(C)(O)CC)nc21. The van der Waals surface area contributed by atoms with Crippen LogP contribution in [-0.4, -0.2) is 41.8 Å². The molecule has 3 heterocycles. The van der Waals surface area contributed by atoms with Gasteiger partial charge in [-0.15, -0.1) is 0 Å². The maximum absolute atomic E-state index is 10.2. The number of fused-ring (bicyclic) bond motifs is 1. The molecule has 30 heavy (non-hydrogen) atoms. The molecule has 3 aromatic heterocycles. The molecule has 8 nitrogen and oxygen atoms in total. The van der Waals surface area contributed by atoms with Gasteiger partial charge in [0.1, 0.15) is 0 Å². The Kier molecular flexibility index (Phi) is 10.7. The third-order valence-electron chi connectivity index (χ3n) is 4.38. The second-order valence-electron chi connectivity index (χ2n) is 6.52. The number of aryl methyl sites for hydroxylation is 1. The first kappa shape index (κ1) is 25.3. The summed E-state index contributed by atoms with van der Waals surface area (Å²) in [5.41, 5.74) is 1.73. The fourth-order valence-corrected chi connectivity index (χ4v) is 2.46. The molecule has 0 fully saturated rings. The first-order chi connectivity index (χ1) is 14.5. The first-order valence-electron chi connectivity index (χ1n) is 10.8. The highest BCUT2D eigenvalue weighted by atomic mass is 16.3. The summed E-state index contributed by atoms with van der Waals surface area (Å²) in [6.07, 6.45) is 5.96. The first-order valence-corrected chi connectivity index (χ1v) is 10.8. The van der Waals surface area contributed by atoms with Gasteiger partial charge in [0, 0.05) is 32.0 Å². The smallest absolute Gasteiger partial charge is 0.226 e. The van der Waals surface area contributed by atoms with Gasteiger partial charge in [0.05, 0.1) is 11.9 Å². The third-order valence-corrected chi connectivity index (χ3v) is 4.38. The quantitative estimate of drug-likeness (QED) is 0.499. The van der Waals surface area contributed by atoms with Crippen LogP contribution in [0.1, 0.15) is 60.5 Å². The Labute approximate surface area is 180 Å². The summed E-state index contributed by atoms with van der Waals surface area (Å²) in [7, 11) is 0. The van der Waals surface area contributed by atoms with E-state index in [1.165, 1.54) is 0 Å². The molecular weight excluding hydrogens is 378 g/mol. The lowest BCUT2D eigenvalue weighted by molar-refractivity contribution is 0.0695. The zero-order chi connectivity index (χ0) is 22.6. The number of hydrogen-bond acceptors (Lipinski definition) is 7. The third kappa shape index (κ3) is 6.95. The lowest BCUT2D eigenvalue weighted by atomic mass is 10.0. The average molecular weight is 416 g/mol. The van der Waals surface area contributed by atoms with Crippen molar-refractivity contribution in [3.63, 3.8) is 0 Å². The van der Waals surface area contributed by atoms with E-state index in [0.29, 0.717) is 31.3 Å². The standard InChI is InChI=1S/C18H25N7O.2C2H6/c1-4-18(3,26)11-21-17-23-15(20-10-13-7-6-8-19-9-13)14-16(24-17)25(5-2)12-22-14;2*1-2/h6-9,12,26H,4-5,10-11H2,1-3H3,(H2,20,21,23,24);2*1-2H3. The van der Waals surface area contributed by atoms with Crippen molar-refractivity contribution >= 4 is 22.9 Å². The monoisotopic (exact) mass is 415 g/mol. The lowest BCUT2D eigenvalue weighted by Crippen LogP contribution is -2.33. The number of aromatic nitrogens is 5. The molecule has 166 valence electrons. The maximum atomic E-state index is 10.2. The molecule has 0 radical (unpaired) electrons. The van der Waals surface area contributed by atoms with Gasteiger partial charge < -0.3 is 20.3 Å². The second-order valence-corrected chi connectivity index (χ2v) is 6.52. The van der Waals surface area contributed by atoms with Crippen LogP contribution in [0, 0.1) is 0 Å². The largest absolute Gasteiger partial charge is 0.388 e. The predicted molar refractivity (Wildman–Crippen MR) is 125 cm³/mol. The number of anilines is 2. The van der Waals surface area contributed by atoms with Gasteiger partial charge in [0.25, 0.3) is 0 Å². The van der Waals surface area contributed by atoms with Crippen LogP contribution in [0.5, 0.6) is 0 Å². The Balaban J connectivity index is 0.00000106. The second kappa shape index (κ2) is 12.7. The van der Waals surface area contributed by atoms with Crippen molar-refractivity contribution in [1.82, 2.24) is 24.5 Å². The topological polar surface area (TPSA) is 101 Å². The summed E-state index contributed by atoms with van der Waals surface area (Å²) in [5, 5.41) is 16.7. The Morgan fingerprint density at radius 1 is 1.10 bits per heavy atom. The molecule has 0 spiro atoms. The summed E-state index contributed by atoms with van der Waals surface area (Å²) in [6.45, 7) is 15.5. The highest BCUT2D eigenvalue weighted by Gasteiger charge is 2.19. The van der Waals surface area contributed by atoms with Crippen molar-refractivity contribution < 1.29 is 5.11 Å². The minimum absolute atomic E-state index is 0.372. The number of nitrogens with zero attached hydrogens (tertiary/aromatic N) is 5. The predicted octanol–water partition coefficient (Wildman–Crippen LogP) is 4.48. The Hall–Kier alpha value is -2.74. The summed E-state index contributed by atoms with van der Waals surface area (Å²) < 4.78 is 1.97. The Morgan fingerprint density at radius 3 is 2.43 bits per heavy atom. The van der Waals surface area contributed by atoms with E-state index in [1.54, 1.807) is 19.4 Å². The molecule has 0 aliphatic rings. The van der Waals surface area contributed by atoms with E-state index >= 15 is 0 Å². The number of hydrogen-bond donors (Lipinski definition) is 3. The van der Waals surface area contributed by atoms with Gasteiger partial charge in [0.15, 0.2) is 17.0 Å². The van der Waals surface area contributed by atoms with Crippen LogP contribution in [0.15, 0.2) is 30.9 Å². The van der Waals surface area contributed by atoms with Crippen LogP contribution in [-0.2, 0) is 13.1 Å². The van der Waals surface area contributed by atoms with E-state index in [-0.39, 0.29) is 0 Å². The molecule has 0 aromatic carbocycles. The molecular formula is C22H37N7O. The van der Waals surface area contributed by atoms with Gasteiger partial charge >= 0.3 is 0 Å². The molecule has 0 aliphatic carbocycles. The van der Waals surface area contributed by atoms with Crippen LogP contribution in [0.4, 0.5) is 11.8 Å². The normalized spacial score (nSPS) is 12.1. The van der Waals surface area contributed by atoms with E-state index in [1.807, 2.05) is 64.4 Å². The van der Waals surface area contributed by atoms with Crippen LogP contribution >= 0.6 is 0 Å². The zero-order valence-electron chi connectivity index (χ0n) is 19.4. The summed E-state index contributed by atoms with van der Waals surface area (Å²) in [5.74, 6) is 1.12. The number of imidazole rings is 1. The molecule has 0 amide bonds. The number of aliphatic hydroxyl groups is 1. The molecule has 3 aromatic rings. The van der Waals surface area contributed by atoms with Crippen LogP contribution < -0.4 is 10.6 Å². The Morgan fingerprint density at radius 2 is 1.83 bits per heavy atom. The van der Waals surface area contributed by atoms with Crippen molar-refractivity contribution in [3.05, 3.63) is 36.4 Å². The number of rotatable bonds is 8. The van der Waals surface area contributed by atoms with E-state index in [4.69, 9.17) is 0 Å². The zero-order valence-corrected chi connectivity index (χ0v) is 19.4. The highest BCUT2D eigenvalue weighted by molar-refractivity contribution is 5.84. The molecule has 8 heteroatoms. The van der Waals surface area contributed by atoms with Crippen LogP contribution in [0.2, 0.25) is 0 Å². The maximum Gasteiger partial charge on any atom is 0.226 e. The summed E-state index contributed by atoms with van der Waals surface area (Å²) in [6, 6.07) is 3.90. The lowest BCUT2D eigenvalue weighted by Gasteiger charge is -2.21. The van der Waals surface area contributed by atoms with E-state index in [2.05, 4.69) is 30.6 Å². The van der Waals surface area contributed by atoms with E-state index in [9.17, 15) is 5.11 Å². The van der Waals surface area contributed by atoms with Gasteiger partial charge in [0.2, 0.25) is 5.95 Å².